The van der Waals surface area contributed by atoms with Crippen molar-refractivity contribution in [2.45, 2.75) is 40.0 Å². The van der Waals surface area contributed by atoms with Crippen LogP contribution in [0.3, 0.4) is 0 Å². The van der Waals surface area contributed by atoms with E-state index in [2.05, 4.69) is 10.8 Å². The van der Waals surface area contributed by atoms with Gasteiger partial charge in [0.15, 0.2) is 0 Å². The number of aryl methyl sites for hydroxylation is 1. The molecule has 3 N–H and O–H groups in total. The molecule has 0 fully saturated rings. The van der Waals surface area contributed by atoms with Crippen molar-refractivity contribution in [1.82, 2.24) is 10.0 Å². The van der Waals surface area contributed by atoms with Crippen LogP contribution in [0.2, 0.25) is 0 Å². The second-order valence-corrected chi connectivity index (χ2v) is 6.51. The molecule has 0 atom stereocenters. The van der Waals surface area contributed by atoms with E-state index in [0.29, 0.717) is 24.0 Å². The molecule has 0 saturated carbocycles. The van der Waals surface area contributed by atoms with Crippen LogP contribution in [-0.2, 0) is 24.7 Å². The SMILES string of the molecule is CC.Cc1ccc(Nc2c(C(=O)NOCCO)c3c(c(=O)n2C)CCC3)c(F)c1. The molecule has 1 aromatic heterocycles. The average molecular weight is 405 g/mol. The molecule has 2 aromatic rings. The summed E-state index contributed by atoms with van der Waals surface area (Å²) >= 11 is 0. The van der Waals surface area contributed by atoms with Crippen LogP contribution in [0.1, 0.15) is 47.3 Å². The highest BCUT2D eigenvalue weighted by atomic mass is 19.1. The quantitative estimate of drug-likeness (QED) is 0.508. The Labute approximate surface area is 169 Å². The summed E-state index contributed by atoms with van der Waals surface area (Å²) in [5.74, 6) is -0.827. The van der Waals surface area contributed by atoms with E-state index in [0.717, 1.165) is 12.0 Å². The topological polar surface area (TPSA) is 92.6 Å². The first-order chi connectivity index (χ1) is 13.9. The number of hydroxylamine groups is 1. The largest absolute Gasteiger partial charge is 0.394 e. The number of carbonyl (C=O) groups is 1. The molecule has 29 heavy (non-hydrogen) atoms. The molecule has 158 valence electrons. The Morgan fingerprint density at radius 3 is 2.62 bits per heavy atom. The van der Waals surface area contributed by atoms with Gasteiger partial charge >= 0.3 is 0 Å². The van der Waals surface area contributed by atoms with Crippen molar-refractivity contribution in [3.05, 3.63) is 56.6 Å². The molecule has 1 heterocycles. The normalized spacial score (nSPS) is 12.1. The summed E-state index contributed by atoms with van der Waals surface area (Å²) in [6.07, 6.45) is 1.95. The lowest BCUT2D eigenvalue weighted by Crippen LogP contribution is -2.32. The minimum Gasteiger partial charge on any atom is -0.394 e. The van der Waals surface area contributed by atoms with E-state index in [4.69, 9.17) is 9.94 Å². The fourth-order valence-electron chi connectivity index (χ4n) is 3.32. The number of anilines is 2. The second kappa shape index (κ2) is 10.2. The molecule has 0 bridgehead atoms. The Morgan fingerprint density at radius 1 is 1.28 bits per heavy atom. The number of aromatic nitrogens is 1. The number of hydrogen-bond acceptors (Lipinski definition) is 5. The number of carbonyl (C=O) groups excluding carboxylic acids is 1. The number of fused-ring (bicyclic) bond motifs is 1. The molecule has 1 aliphatic carbocycles. The molecule has 1 amide bonds. The van der Waals surface area contributed by atoms with E-state index in [1.807, 2.05) is 13.8 Å². The Hall–Kier alpha value is -2.71. The average Bonchev–Trinajstić information content (AvgIpc) is 3.19. The van der Waals surface area contributed by atoms with Crippen LogP contribution in [0.5, 0.6) is 0 Å². The minimum atomic E-state index is -0.549. The molecular formula is C21H28FN3O4. The zero-order valence-corrected chi connectivity index (χ0v) is 17.3. The van der Waals surface area contributed by atoms with Crippen molar-refractivity contribution >= 4 is 17.4 Å². The number of aliphatic hydroxyl groups is 1. The van der Waals surface area contributed by atoms with Gasteiger partial charge in [-0.05, 0) is 49.4 Å². The number of halogens is 1. The van der Waals surface area contributed by atoms with Crippen LogP contribution < -0.4 is 16.4 Å². The van der Waals surface area contributed by atoms with Crippen molar-refractivity contribution in [3.8, 4) is 0 Å². The Morgan fingerprint density at radius 2 is 1.97 bits per heavy atom. The van der Waals surface area contributed by atoms with Gasteiger partial charge in [-0.3, -0.25) is 19.0 Å². The van der Waals surface area contributed by atoms with Gasteiger partial charge in [-0.25, -0.2) is 9.87 Å². The van der Waals surface area contributed by atoms with Gasteiger partial charge in [-0.1, -0.05) is 19.9 Å². The fraction of sp³-hybridized carbons (Fsp3) is 0.429. The van der Waals surface area contributed by atoms with Crippen LogP contribution in [0.15, 0.2) is 23.0 Å². The van der Waals surface area contributed by atoms with Gasteiger partial charge in [0, 0.05) is 12.6 Å². The lowest BCUT2D eigenvalue weighted by molar-refractivity contribution is 0.0168. The number of pyridine rings is 1. The molecule has 3 rings (SSSR count). The second-order valence-electron chi connectivity index (χ2n) is 6.51. The Bertz CT molecular complexity index is 940. The van der Waals surface area contributed by atoms with Crippen molar-refractivity contribution in [1.29, 1.82) is 0 Å². The van der Waals surface area contributed by atoms with Crippen LogP contribution in [-0.4, -0.2) is 28.8 Å². The zero-order valence-electron chi connectivity index (χ0n) is 17.3. The highest BCUT2D eigenvalue weighted by Crippen LogP contribution is 2.30. The molecule has 0 radical (unpaired) electrons. The van der Waals surface area contributed by atoms with Crippen molar-refractivity contribution < 1.29 is 19.1 Å². The van der Waals surface area contributed by atoms with Gasteiger partial charge in [0.2, 0.25) is 0 Å². The molecule has 1 aromatic carbocycles. The van der Waals surface area contributed by atoms with E-state index < -0.39 is 11.7 Å². The number of aliphatic hydroxyl groups excluding tert-OH is 1. The van der Waals surface area contributed by atoms with Gasteiger partial charge in [0.05, 0.1) is 24.5 Å². The number of amides is 1. The Kier molecular flexibility index (Phi) is 7.92. The van der Waals surface area contributed by atoms with E-state index in [9.17, 15) is 14.0 Å². The first-order valence-corrected chi connectivity index (χ1v) is 9.75. The van der Waals surface area contributed by atoms with Crippen LogP contribution in [0.4, 0.5) is 15.9 Å². The van der Waals surface area contributed by atoms with Gasteiger partial charge in [0.25, 0.3) is 11.5 Å². The van der Waals surface area contributed by atoms with E-state index in [1.54, 1.807) is 26.1 Å². The summed E-state index contributed by atoms with van der Waals surface area (Å²) in [4.78, 5) is 30.3. The van der Waals surface area contributed by atoms with Crippen LogP contribution in [0, 0.1) is 12.7 Å². The van der Waals surface area contributed by atoms with Crippen LogP contribution >= 0.6 is 0 Å². The summed E-state index contributed by atoms with van der Waals surface area (Å²) in [7, 11) is 1.54. The third-order valence-electron chi connectivity index (χ3n) is 4.62. The smallest absolute Gasteiger partial charge is 0.278 e. The Balaban J connectivity index is 0.00000145. The number of benzene rings is 1. The number of nitrogens with one attached hydrogen (secondary N) is 2. The third-order valence-corrected chi connectivity index (χ3v) is 4.62. The molecule has 0 spiro atoms. The first-order valence-electron chi connectivity index (χ1n) is 9.75. The molecule has 7 nitrogen and oxygen atoms in total. The standard InChI is InChI=1S/C19H22FN3O4.C2H6/c1-11-6-7-15(14(20)10-11)21-17-16(18(25)22-27-9-8-24)12-4-3-5-13(12)19(26)23(17)2;1-2/h6-7,10,21,24H,3-5,8-9H2,1-2H3,(H,22,25);1-2H3. The van der Waals surface area contributed by atoms with E-state index in [-0.39, 0.29) is 35.8 Å². The molecule has 1 aliphatic rings. The molecule has 0 aliphatic heterocycles. The molecule has 0 unspecified atom stereocenters. The number of hydrogen-bond donors (Lipinski definition) is 3. The maximum absolute atomic E-state index is 14.3. The van der Waals surface area contributed by atoms with Gasteiger partial charge in [-0.15, -0.1) is 0 Å². The van der Waals surface area contributed by atoms with Gasteiger partial charge in [-0.2, -0.15) is 0 Å². The molecule has 0 saturated heterocycles. The fourth-order valence-corrected chi connectivity index (χ4v) is 3.32. The summed E-state index contributed by atoms with van der Waals surface area (Å²) in [5.41, 5.74) is 4.50. The summed E-state index contributed by atoms with van der Waals surface area (Å²) in [5, 5.41) is 11.7. The molecular weight excluding hydrogens is 377 g/mol. The predicted octanol–water partition coefficient (Wildman–Crippen LogP) is 2.75. The van der Waals surface area contributed by atoms with Crippen LogP contribution in [0.25, 0.3) is 0 Å². The number of rotatable bonds is 6. The summed E-state index contributed by atoms with van der Waals surface area (Å²) < 4.78 is 15.6. The first kappa shape index (κ1) is 22.6. The van der Waals surface area contributed by atoms with E-state index >= 15 is 0 Å². The maximum atomic E-state index is 14.3. The van der Waals surface area contributed by atoms with Gasteiger partial charge in [0.1, 0.15) is 11.6 Å². The van der Waals surface area contributed by atoms with Crippen molar-refractivity contribution in [3.63, 3.8) is 0 Å². The number of nitrogens with zero attached hydrogens (tertiary/aromatic N) is 1. The highest BCUT2D eigenvalue weighted by Gasteiger charge is 2.28. The van der Waals surface area contributed by atoms with E-state index in [1.165, 1.54) is 10.6 Å². The van der Waals surface area contributed by atoms with Crippen molar-refractivity contribution in [2.75, 3.05) is 18.5 Å². The predicted molar refractivity (Wildman–Crippen MR) is 110 cm³/mol. The summed E-state index contributed by atoms with van der Waals surface area (Å²) in [6, 6.07) is 4.67. The summed E-state index contributed by atoms with van der Waals surface area (Å²) in [6.45, 7) is 5.47. The van der Waals surface area contributed by atoms with Crippen molar-refractivity contribution in [2.24, 2.45) is 7.05 Å². The zero-order chi connectivity index (χ0) is 21.6. The molecule has 8 heteroatoms. The maximum Gasteiger partial charge on any atom is 0.278 e. The highest BCUT2D eigenvalue weighted by molar-refractivity contribution is 6.01. The lowest BCUT2D eigenvalue weighted by atomic mass is 10.0. The van der Waals surface area contributed by atoms with Gasteiger partial charge < -0.3 is 10.4 Å². The monoisotopic (exact) mass is 405 g/mol. The lowest BCUT2D eigenvalue weighted by Gasteiger charge is -2.19. The minimum absolute atomic E-state index is 0.0605. The third kappa shape index (κ3) is 4.83.